The third kappa shape index (κ3) is 3.43. The molecular weight excluding hydrogens is 277 g/mol. The zero-order valence-corrected chi connectivity index (χ0v) is 12.9. The van der Waals surface area contributed by atoms with Gasteiger partial charge in [-0.15, -0.1) is 0 Å². The summed E-state index contributed by atoms with van der Waals surface area (Å²) < 4.78 is 0. The SMILES string of the molecule is Cc1ccc(C)c(CNc2cc(Cl)c(C)cc2Cl)c1. The number of anilines is 1. The van der Waals surface area contributed by atoms with Crippen molar-refractivity contribution in [2.24, 2.45) is 0 Å². The third-order valence-corrected chi connectivity index (χ3v) is 3.94. The Labute approximate surface area is 124 Å². The highest BCUT2D eigenvalue weighted by Crippen LogP contribution is 2.29. The average molecular weight is 294 g/mol. The summed E-state index contributed by atoms with van der Waals surface area (Å²) in [5.41, 5.74) is 5.66. The van der Waals surface area contributed by atoms with E-state index in [0.29, 0.717) is 5.02 Å². The number of rotatable bonds is 3. The van der Waals surface area contributed by atoms with E-state index >= 15 is 0 Å². The van der Waals surface area contributed by atoms with Crippen molar-refractivity contribution < 1.29 is 0 Å². The standard InChI is InChI=1S/C16H17Cl2N/c1-10-4-5-11(2)13(6-10)9-19-16-8-14(17)12(3)7-15(16)18/h4-8,19H,9H2,1-3H3. The molecule has 0 spiro atoms. The Kier molecular flexibility index (Phi) is 4.38. The lowest BCUT2D eigenvalue weighted by Gasteiger charge is -2.12. The molecule has 0 aromatic heterocycles. The van der Waals surface area contributed by atoms with Gasteiger partial charge in [-0.3, -0.25) is 0 Å². The first-order valence-electron chi connectivity index (χ1n) is 6.23. The summed E-state index contributed by atoms with van der Waals surface area (Å²) in [4.78, 5) is 0. The first-order chi connectivity index (χ1) is 8.97. The molecule has 0 amide bonds. The normalized spacial score (nSPS) is 10.6. The van der Waals surface area contributed by atoms with Crippen LogP contribution in [0.3, 0.4) is 0 Å². The fraction of sp³-hybridized carbons (Fsp3) is 0.250. The zero-order valence-electron chi connectivity index (χ0n) is 11.3. The van der Waals surface area contributed by atoms with Crippen LogP contribution in [-0.2, 0) is 6.54 Å². The Morgan fingerprint density at radius 3 is 2.37 bits per heavy atom. The molecule has 100 valence electrons. The zero-order chi connectivity index (χ0) is 14.0. The molecule has 1 N–H and O–H groups in total. The van der Waals surface area contributed by atoms with Crippen LogP contribution in [0.15, 0.2) is 30.3 Å². The highest BCUT2D eigenvalue weighted by atomic mass is 35.5. The van der Waals surface area contributed by atoms with Crippen molar-refractivity contribution in [2.45, 2.75) is 27.3 Å². The van der Waals surface area contributed by atoms with Crippen molar-refractivity contribution in [3.63, 3.8) is 0 Å². The molecule has 0 aliphatic carbocycles. The minimum atomic E-state index is 0.701. The summed E-state index contributed by atoms with van der Waals surface area (Å²) in [6, 6.07) is 10.2. The highest BCUT2D eigenvalue weighted by molar-refractivity contribution is 6.35. The van der Waals surface area contributed by atoms with E-state index in [0.717, 1.165) is 22.8 Å². The summed E-state index contributed by atoms with van der Waals surface area (Å²) in [5.74, 6) is 0. The number of benzene rings is 2. The van der Waals surface area contributed by atoms with Crippen LogP contribution in [0.2, 0.25) is 10.0 Å². The number of halogens is 2. The quantitative estimate of drug-likeness (QED) is 0.784. The van der Waals surface area contributed by atoms with Crippen LogP contribution in [0, 0.1) is 20.8 Å². The largest absolute Gasteiger partial charge is 0.380 e. The predicted octanol–water partition coefficient (Wildman–Crippen LogP) is 5.53. The monoisotopic (exact) mass is 293 g/mol. The Hall–Kier alpha value is -1.18. The summed E-state index contributed by atoms with van der Waals surface area (Å²) >= 11 is 12.3. The van der Waals surface area contributed by atoms with Gasteiger partial charge in [0.15, 0.2) is 0 Å². The van der Waals surface area contributed by atoms with Crippen molar-refractivity contribution in [3.8, 4) is 0 Å². The molecule has 1 nitrogen and oxygen atoms in total. The van der Waals surface area contributed by atoms with Crippen molar-refractivity contribution in [1.82, 2.24) is 0 Å². The molecule has 2 rings (SSSR count). The van der Waals surface area contributed by atoms with Crippen LogP contribution >= 0.6 is 23.2 Å². The molecule has 0 bridgehead atoms. The maximum Gasteiger partial charge on any atom is 0.0641 e. The van der Waals surface area contributed by atoms with Crippen molar-refractivity contribution >= 4 is 28.9 Å². The van der Waals surface area contributed by atoms with Gasteiger partial charge < -0.3 is 5.32 Å². The molecule has 0 saturated heterocycles. The van der Waals surface area contributed by atoms with Gasteiger partial charge in [0.25, 0.3) is 0 Å². The maximum atomic E-state index is 6.22. The predicted molar refractivity (Wildman–Crippen MR) is 84.4 cm³/mol. The Morgan fingerprint density at radius 1 is 0.895 bits per heavy atom. The smallest absolute Gasteiger partial charge is 0.0641 e. The second-order valence-electron chi connectivity index (χ2n) is 4.86. The Morgan fingerprint density at radius 2 is 1.63 bits per heavy atom. The molecule has 0 saturated carbocycles. The fourth-order valence-electron chi connectivity index (χ4n) is 1.96. The van der Waals surface area contributed by atoms with Gasteiger partial charge in [-0.2, -0.15) is 0 Å². The van der Waals surface area contributed by atoms with Gasteiger partial charge in [0.05, 0.1) is 10.7 Å². The summed E-state index contributed by atoms with van der Waals surface area (Å²) in [6.07, 6.45) is 0. The number of hydrogen-bond acceptors (Lipinski definition) is 1. The van der Waals surface area contributed by atoms with Crippen molar-refractivity contribution in [1.29, 1.82) is 0 Å². The number of hydrogen-bond donors (Lipinski definition) is 1. The van der Waals surface area contributed by atoms with Gasteiger partial charge in [-0.25, -0.2) is 0 Å². The number of aryl methyl sites for hydroxylation is 3. The lowest BCUT2D eigenvalue weighted by Crippen LogP contribution is -2.02. The van der Waals surface area contributed by atoms with Crippen LogP contribution in [0.5, 0.6) is 0 Å². The molecule has 2 aromatic carbocycles. The van der Waals surface area contributed by atoms with E-state index in [2.05, 4.69) is 37.4 Å². The molecule has 19 heavy (non-hydrogen) atoms. The summed E-state index contributed by atoms with van der Waals surface area (Å²) in [6.45, 7) is 6.90. The first kappa shape index (κ1) is 14.2. The van der Waals surface area contributed by atoms with Gasteiger partial charge in [-0.1, -0.05) is 47.0 Å². The molecule has 0 unspecified atom stereocenters. The number of nitrogens with one attached hydrogen (secondary N) is 1. The molecule has 0 radical (unpaired) electrons. The van der Waals surface area contributed by atoms with E-state index < -0.39 is 0 Å². The van der Waals surface area contributed by atoms with Gasteiger partial charge in [0.2, 0.25) is 0 Å². The molecule has 3 heteroatoms. The molecule has 2 aromatic rings. The van der Waals surface area contributed by atoms with Crippen molar-refractivity contribution in [3.05, 3.63) is 62.6 Å². The van der Waals surface area contributed by atoms with E-state index in [1.807, 2.05) is 19.1 Å². The van der Waals surface area contributed by atoms with E-state index in [4.69, 9.17) is 23.2 Å². The highest BCUT2D eigenvalue weighted by Gasteiger charge is 2.05. The van der Waals surface area contributed by atoms with Gasteiger partial charge in [0, 0.05) is 11.6 Å². The van der Waals surface area contributed by atoms with E-state index in [-0.39, 0.29) is 0 Å². The molecule has 0 fully saturated rings. The van der Waals surface area contributed by atoms with Crippen LogP contribution in [0.25, 0.3) is 0 Å². The van der Waals surface area contributed by atoms with Gasteiger partial charge in [-0.05, 0) is 49.6 Å². The van der Waals surface area contributed by atoms with E-state index in [9.17, 15) is 0 Å². The lowest BCUT2D eigenvalue weighted by molar-refractivity contribution is 1.11. The molecule has 0 aliphatic heterocycles. The average Bonchev–Trinajstić information content (AvgIpc) is 2.36. The minimum absolute atomic E-state index is 0.701. The summed E-state index contributed by atoms with van der Waals surface area (Å²) in [5, 5.41) is 4.78. The Balaban J connectivity index is 2.19. The molecular formula is C16H17Cl2N. The Bertz CT molecular complexity index is 606. The molecule has 0 atom stereocenters. The second-order valence-corrected chi connectivity index (χ2v) is 5.68. The van der Waals surface area contributed by atoms with Crippen LogP contribution in [0.4, 0.5) is 5.69 Å². The molecule has 0 aliphatic rings. The van der Waals surface area contributed by atoms with Crippen LogP contribution < -0.4 is 5.32 Å². The van der Waals surface area contributed by atoms with Gasteiger partial charge in [0.1, 0.15) is 0 Å². The first-order valence-corrected chi connectivity index (χ1v) is 6.98. The second kappa shape index (κ2) is 5.85. The third-order valence-electron chi connectivity index (χ3n) is 3.22. The topological polar surface area (TPSA) is 12.0 Å². The lowest BCUT2D eigenvalue weighted by atomic mass is 10.1. The molecule has 0 heterocycles. The summed E-state index contributed by atoms with van der Waals surface area (Å²) in [7, 11) is 0. The van der Waals surface area contributed by atoms with Crippen LogP contribution in [-0.4, -0.2) is 0 Å². The van der Waals surface area contributed by atoms with Crippen LogP contribution in [0.1, 0.15) is 22.3 Å². The minimum Gasteiger partial charge on any atom is -0.380 e. The maximum absolute atomic E-state index is 6.22. The van der Waals surface area contributed by atoms with E-state index in [1.54, 1.807) is 0 Å². The fourth-order valence-corrected chi connectivity index (χ4v) is 2.41. The van der Waals surface area contributed by atoms with Gasteiger partial charge >= 0.3 is 0 Å². The van der Waals surface area contributed by atoms with E-state index in [1.165, 1.54) is 16.7 Å². The van der Waals surface area contributed by atoms with Crippen molar-refractivity contribution in [2.75, 3.05) is 5.32 Å².